The van der Waals surface area contributed by atoms with Crippen LogP contribution < -0.4 is 42.6 Å². The van der Waals surface area contributed by atoms with Gasteiger partial charge in [0.15, 0.2) is 46.0 Å². The lowest BCUT2D eigenvalue weighted by molar-refractivity contribution is 0.222. The summed E-state index contributed by atoms with van der Waals surface area (Å²) in [4.78, 5) is 4.71. The number of nitrogens with zero attached hydrogens (tertiary/aromatic N) is 2. The molecule has 2 atom stereocenters. The standard InChI is InChI=1S/C41H48N2O9/c1-42-14-12-24-36-28(42)15-23-17-35(33(47-6)18-25(23)37(36)40(50-9)41(51-10)39(24)49-8)52-29-21-34(48-7)32(46-5)20-27(29)38-26-19-31(45-4)30(44-3)16-22(26)11-13-43(38)2/h16-21,28,38H,11-15H2,1-10H3/t28-,38-/m0/s1. The molecular formula is C41H48N2O9. The Bertz CT molecular complexity index is 2010. The van der Waals surface area contributed by atoms with Crippen molar-refractivity contribution in [2.75, 3.05) is 84.1 Å². The highest BCUT2D eigenvalue weighted by atomic mass is 16.5. The second-order valence-corrected chi connectivity index (χ2v) is 13.4. The Morgan fingerprint density at radius 2 is 1.06 bits per heavy atom. The highest BCUT2D eigenvalue weighted by molar-refractivity contribution is 5.87. The SMILES string of the molecule is COc1cc2c(cc1OC)[C@@H](c1cc(OC)c(OC)cc1Oc1cc3c(cc1OC)-c1c(OC)c(OC)c(OC)c4c1[C@H](C3)N(C)CC4)N(C)CC2. The summed E-state index contributed by atoms with van der Waals surface area (Å²) >= 11 is 0. The Morgan fingerprint density at radius 3 is 1.69 bits per heavy atom. The van der Waals surface area contributed by atoms with E-state index in [1.54, 1.807) is 56.9 Å². The molecule has 0 spiro atoms. The summed E-state index contributed by atoms with van der Waals surface area (Å²) in [6.45, 7) is 1.72. The van der Waals surface area contributed by atoms with Crippen molar-refractivity contribution >= 4 is 0 Å². The first-order valence-electron chi connectivity index (χ1n) is 17.4. The van der Waals surface area contributed by atoms with Gasteiger partial charge in [-0.05, 0) is 91.5 Å². The number of rotatable bonds is 11. The molecular weight excluding hydrogens is 664 g/mol. The van der Waals surface area contributed by atoms with Crippen LogP contribution >= 0.6 is 0 Å². The molecule has 4 aromatic carbocycles. The van der Waals surface area contributed by atoms with E-state index in [0.717, 1.165) is 71.5 Å². The minimum Gasteiger partial charge on any atom is -0.493 e. The zero-order valence-corrected chi connectivity index (χ0v) is 31.7. The van der Waals surface area contributed by atoms with Gasteiger partial charge in [-0.2, -0.15) is 0 Å². The monoisotopic (exact) mass is 712 g/mol. The molecule has 0 fully saturated rings. The van der Waals surface area contributed by atoms with Gasteiger partial charge in [-0.25, -0.2) is 0 Å². The van der Waals surface area contributed by atoms with Crippen molar-refractivity contribution in [3.63, 3.8) is 0 Å². The maximum absolute atomic E-state index is 6.98. The number of benzene rings is 4. The highest BCUT2D eigenvalue weighted by Crippen LogP contribution is 2.58. The Labute approximate surface area is 305 Å². The van der Waals surface area contributed by atoms with Crippen LogP contribution in [0.25, 0.3) is 11.1 Å². The summed E-state index contributed by atoms with van der Waals surface area (Å²) < 4.78 is 54.1. The molecule has 0 bridgehead atoms. The Hall–Kier alpha value is -5.00. The molecule has 4 aromatic rings. The van der Waals surface area contributed by atoms with Crippen LogP contribution in [-0.2, 0) is 19.3 Å². The molecule has 0 N–H and O–H groups in total. The molecule has 52 heavy (non-hydrogen) atoms. The quantitative estimate of drug-likeness (QED) is 0.163. The molecule has 7 rings (SSSR count). The first kappa shape index (κ1) is 35.4. The highest BCUT2D eigenvalue weighted by Gasteiger charge is 2.40. The van der Waals surface area contributed by atoms with Gasteiger partial charge in [-0.15, -0.1) is 0 Å². The van der Waals surface area contributed by atoms with E-state index in [1.165, 1.54) is 11.1 Å². The normalized spacial score (nSPS) is 17.7. The van der Waals surface area contributed by atoms with E-state index >= 15 is 0 Å². The predicted octanol–water partition coefficient (Wildman–Crippen LogP) is 6.88. The average molecular weight is 713 g/mol. The predicted molar refractivity (Wildman–Crippen MR) is 198 cm³/mol. The maximum Gasteiger partial charge on any atom is 0.204 e. The lowest BCUT2D eigenvalue weighted by Crippen LogP contribution is -2.36. The summed E-state index contributed by atoms with van der Waals surface area (Å²) in [6.07, 6.45) is 2.47. The van der Waals surface area contributed by atoms with Gasteiger partial charge in [0.2, 0.25) is 5.75 Å². The summed E-state index contributed by atoms with van der Waals surface area (Å²) in [6, 6.07) is 12.1. The molecule has 2 heterocycles. The molecule has 0 amide bonds. The maximum atomic E-state index is 6.98. The Morgan fingerprint density at radius 1 is 0.500 bits per heavy atom. The van der Waals surface area contributed by atoms with E-state index in [4.69, 9.17) is 42.6 Å². The average Bonchev–Trinajstić information content (AvgIpc) is 3.17. The second-order valence-electron chi connectivity index (χ2n) is 13.4. The van der Waals surface area contributed by atoms with Crippen LogP contribution in [0.15, 0.2) is 36.4 Å². The van der Waals surface area contributed by atoms with E-state index in [0.29, 0.717) is 51.7 Å². The minimum atomic E-state index is -0.185. The second kappa shape index (κ2) is 14.2. The number of likely N-dealkylation sites (N-methyl/N-ethyl adjacent to an activating group) is 2. The van der Waals surface area contributed by atoms with Crippen LogP contribution in [0.4, 0.5) is 0 Å². The fraction of sp³-hybridized carbons (Fsp3) is 0.415. The van der Waals surface area contributed by atoms with E-state index in [1.807, 2.05) is 12.1 Å². The smallest absolute Gasteiger partial charge is 0.204 e. The van der Waals surface area contributed by atoms with Gasteiger partial charge in [0.25, 0.3) is 0 Å². The van der Waals surface area contributed by atoms with E-state index in [-0.39, 0.29) is 12.1 Å². The molecule has 2 aliphatic heterocycles. The van der Waals surface area contributed by atoms with Crippen LogP contribution in [0.5, 0.6) is 57.5 Å². The van der Waals surface area contributed by atoms with Crippen molar-refractivity contribution in [1.29, 1.82) is 0 Å². The van der Waals surface area contributed by atoms with Gasteiger partial charge >= 0.3 is 0 Å². The van der Waals surface area contributed by atoms with Crippen LogP contribution in [0.2, 0.25) is 0 Å². The van der Waals surface area contributed by atoms with Gasteiger partial charge in [-0.3, -0.25) is 9.80 Å². The van der Waals surface area contributed by atoms with Crippen molar-refractivity contribution < 1.29 is 42.6 Å². The summed E-state index contributed by atoms with van der Waals surface area (Å²) in [7, 11) is 17.6. The molecule has 0 aromatic heterocycles. The van der Waals surface area contributed by atoms with E-state index in [2.05, 4.69) is 48.2 Å². The molecule has 0 saturated heterocycles. The fourth-order valence-corrected chi connectivity index (χ4v) is 8.37. The van der Waals surface area contributed by atoms with Gasteiger partial charge in [0, 0.05) is 41.9 Å². The number of fused-ring (bicyclic) bond motifs is 3. The van der Waals surface area contributed by atoms with E-state index < -0.39 is 0 Å². The van der Waals surface area contributed by atoms with Crippen molar-refractivity contribution in [3.8, 4) is 68.6 Å². The van der Waals surface area contributed by atoms with Gasteiger partial charge in [0.1, 0.15) is 5.75 Å². The van der Waals surface area contributed by atoms with Crippen LogP contribution in [0.3, 0.4) is 0 Å². The van der Waals surface area contributed by atoms with Gasteiger partial charge in [0.05, 0.1) is 62.9 Å². The molecule has 0 radical (unpaired) electrons. The van der Waals surface area contributed by atoms with Gasteiger partial charge in [-0.1, -0.05) is 0 Å². The number of hydrogen-bond acceptors (Lipinski definition) is 11. The largest absolute Gasteiger partial charge is 0.493 e. The third-order valence-electron chi connectivity index (χ3n) is 10.9. The Kier molecular flexibility index (Phi) is 9.67. The lowest BCUT2D eigenvalue weighted by atomic mass is 9.76. The zero-order chi connectivity index (χ0) is 36.8. The number of methoxy groups -OCH3 is 8. The molecule has 11 heteroatoms. The topological polar surface area (TPSA) is 89.6 Å². The summed E-state index contributed by atoms with van der Waals surface area (Å²) in [5, 5.41) is 0. The summed E-state index contributed by atoms with van der Waals surface area (Å²) in [5.41, 5.74) is 8.68. The first-order chi connectivity index (χ1) is 25.2. The number of hydrogen-bond donors (Lipinski definition) is 0. The molecule has 3 aliphatic rings. The fourth-order valence-electron chi connectivity index (χ4n) is 8.37. The zero-order valence-electron chi connectivity index (χ0n) is 31.7. The van der Waals surface area contributed by atoms with Crippen molar-refractivity contribution in [2.24, 2.45) is 0 Å². The van der Waals surface area contributed by atoms with E-state index in [9.17, 15) is 0 Å². The third-order valence-corrected chi connectivity index (χ3v) is 10.9. The molecule has 0 unspecified atom stereocenters. The Balaban J connectivity index is 1.41. The van der Waals surface area contributed by atoms with Crippen molar-refractivity contribution in [1.82, 2.24) is 9.80 Å². The van der Waals surface area contributed by atoms with Crippen LogP contribution in [-0.4, -0.2) is 93.9 Å². The third kappa shape index (κ3) is 5.58. The summed E-state index contributed by atoms with van der Waals surface area (Å²) in [5.74, 6) is 6.29. The molecule has 1 aliphatic carbocycles. The molecule has 0 saturated carbocycles. The minimum absolute atomic E-state index is 0.109. The van der Waals surface area contributed by atoms with Crippen LogP contribution in [0, 0.1) is 0 Å². The molecule has 276 valence electrons. The van der Waals surface area contributed by atoms with Gasteiger partial charge < -0.3 is 42.6 Å². The van der Waals surface area contributed by atoms with Crippen molar-refractivity contribution in [3.05, 3.63) is 69.8 Å². The lowest BCUT2D eigenvalue weighted by Gasteiger charge is -2.41. The van der Waals surface area contributed by atoms with Crippen LogP contribution in [0.1, 0.15) is 45.5 Å². The first-order valence-corrected chi connectivity index (χ1v) is 17.4. The molecule has 11 nitrogen and oxygen atoms in total. The number of ether oxygens (including phenoxy) is 9. The van der Waals surface area contributed by atoms with Crippen molar-refractivity contribution in [2.45, 2.75) is 31.3 Å².